The van der Waals surface area contributed by atoms with E-state index in [1.807, 2.05) is 0 Å². The number of allylic oxidation sites excluding steroid dienone is 2. The van der Waals surface area contributed by atoms with Gasteiger partial charge in [-0.15, -0.1) is 0 Å². The molecule has 0 atom stereocenters. The Bertz CT molecular complexity index is 495. The molecule has 0 fully saturated rings. The third kappa shape index (κ3) is 3.27. The number of hydrogen-bond acceptors (Lipinski definition) is 3. The van der Waals surface area contributed by atoms with E-state index in [4.69, 9.17) is 9.84 Å². The highest BCUT2D eigenvalue weighted by atomic mass is 19.1. The molecule has 5 heteroatoms. The standard InChI is InChI=1S/C12H10FNO3/c1-3-4-11(14-2)17-10-6-5-8(12(15)16)7-9(10)13/h3-7H,1-2H2,(H,15,16)/b11-4+. The van der Waals surface area contributed by atoms with Gasteiger partial charge in [-0.3, -0.25) is 0 Å². The summed E-state index contributed by atoms with van der Waals surface area (Å²) in [5, 5.41) is 8.65. The molecule has 0 amide bonds. The molecule has 1 rings (SSSR count). The molecule has 0 bridgehead atoms. The predicted octanol–water partition coefficient (Wildman–Crippen LogP) is 2.63. The molecule has 1 aromatic rings. The van der Waals surface area contributed by atoms with Crippen molar-refractivity contribution in [3.05, 3.63) is 54.2 Å². The summed E-state index contributed by atoms with van der Waals surface area (Å²) in [5.41, 5.74) is -0.157. The van der Waals surface area contributed by atoms with Crippen molar-refractivity contribution in [2.45, 2.75) is 0 Å². The molecule has 1 aromatic carbocycles. The summed E-state index contributed by atoms with van der Waals surface area (Å²) in [6.45, 7) is 6.68. The quantitative estimate of drug-likeness (QED) is 0.485. The Morgan fingerprint density at radius 2 is 2.24 bits per heavy atom. The Morgan fingerprint density at radius 1 is 1.53 bits per heavy atom. The van der Waals surface area contributed by atoms with Gasteiger partial charge in [0.2, 0.25) is 5.88 Å². The molecular weight excluding hydrogens is 225 g/mol. The molecule has 0 saturated heterocycles. The minimum Gasteiger partial charge on any atom is -0.478 e. The van der Waals surface area contributed by atoms with Crippen molar-refractivity contribution in [3.63, 3.8) is 0 Å². The summed E-state index contributed by atoms with van der Waals surface area (Å²) in [7, 11) is 0. The molecule has 0 spiro atoms. The summed E-state index contributed by atoms with van der Waals surface area (Å²) in [6.07, 6.45) is 2.81. The number of rotatable bonds is 5. The van der Waals surface area contributed by atoms with E-state index in [2.05, 4.69) is 18.3 Å². The lowest BCUT2D eigenvalue weighted by molar-refractivity contribution is 0.0696. The van der Waals surface area contributed by atoms with Crippen molar-refractivity contribution in [1.82, 2.24) is 0 Å². The molecule has 0 unspecified atom stereocenters. The van der Waals surface area contributed by atoms with E-state index in [-0.39, 0.29) is 17.2 Å². The van der Waals surface area contributed by atoms with Crippen molar-refractivity contribution in [1.29, 1.82) is 0 Å². The second-order valence-electron chi connectivity index (χ2n) is 2.95. The molecule has 0 aliphatic rings. The zero-order chi connectivity index (χ0) is 12.8. The van der Waals surface area contributed by atoms with E-state index in [0.29, 0.717) is 0 Å². The van der Waals surface area contributed by atoms with Crippen LogP contribution in [0, 0.1) is 5.82 Å². The fraction of sp³-hybridized carbons (Fsp3) is 0. The summed E-state index contributed by atoms with van der Waals surface area (Å²) in [6, 6.07) is 3.31. The Morgan fingerprint density at radius 3 is 2.71 bits per heavy atom. The predicted molar refractivity (Wildman–Crippen MR) is 61.8 cm³/mol. The summed E-state index contributed by atoms with van der Waals surface area (Å²) in [5.74, 6) is -2.06. The first-order chi connectivity index (χ1) is 8.08. The third-order valence-electron chi connectivity index (χ3n) is 1.81. The molecule has 0 aliphatic heterocycles. The first-order valence-corrected chi connectivity index (χ1v) is 4.58. The number of ether oxygens (including phenoxy) is 1. The van der Waals surface area contributed by atoms with E-state index >= 15 is 0 Å². The van der Waals surface area contributed by atoms with Gasteiger partial charge in [0.1, 0.15) is 0 Å². The number of halogens is 1. The number of carboxylic acid groups (broad SMARTS) is 1. The highest BCUT2D eigenvalue weighted by molar-refractivity contribution is 5.87. The minimum absolute atomic E-state index is 0.0713. The molecule has 4 nitrogen and oxygen atoms in total. The Balaban J connectivity index is 3.00. The van der Waals surface area contributed by atoms with Gasteiger partial charge in [-0.05, 0) is 24.9 Å². The van der Waals surface area contributed by atoms with Crippen LogP contribution in [-0.2, 0) is 0 Å². The van der Waals surface area contributed by atoms with Crippen LogP contribution < -0.4 is 4.74 Å². The van der Waals surface area contributed by atoms with Crippen LogP contribution in [0.4, 0.5) is 4.39 Å². The Kier molecular flexibility index (Phi) is 4.16. The van der Waals surface area contributed by atoms with Crippen LogP contribution in [0.15, 0.2) is 47.8 Å². The van der Waals surface area contributed by atoms with Gasteiger partial charge in [0, 0.05) is 6.08 Å². The van der Waals surface area contributed by atoms with Crippen LogP contribution >= 0.6 is 0 Å². The van der Waals surface area contributed by atoms with Crippen molar-refractivity contribution in [3.8, 4) is 5.75 Å². The second kappa shape index (κ2) is 5.60. The van der Waals surface area contributed by atoms with Gasteiger partial charge in [0.15, 0.2) is 11.6 Å². The van der Waals surface area contributed by atoms with Gasteiger partial charge >= 0.3 is 5.97 Å². The lowest BCUT2D eigenvalue weighted by Gasteiger charge is -2.06. The van der Waals surface area contributed by atoms with Crippen molar-refractivity contribution in [2.75, 3.05) is 0 Å². The van der Waals surface area contributed by atoms with Crippen LogP contribution in [0.1, 0.15) is 10.4 Å². The lowest BCUT2D eigenvalue weighted by Crippen LogP contribution is -1.99. The van der Waals surface area contributed by atoms with Gasteiger partial charge in [-0.1, -0.05) is 12.7 Å². The van der Waals surface area contributed by atoms with Crippen molar-refractivity contribution >= 4 is 12.7 Å². The monoisotopic (exact) mass is 235 g/mol. The van der Waals surface area contributed by atoms with Gasteiger partial charge in [0.05, 0.1) is 5.56 Å². The number of nitrogens with zero attached hydrogens (tertiary/aromatic N) is 1. The normalized spacial score (nSPS) is 10.8. The highest BCUT2D eigenvalue weighted by Gasteiger charge is 2.10. The fourth-order valence-corrected chi connectivity index (χ4v) is 1.05. The van der Waals surface area contributed by atoms with E-state index in [1.54, 1.807) is 0 Å². The third-order valence-corrected chi connectivity index (χ3v) is 1.81. The van der Waals surface area contributed by atoms with Gasteiger partial charge in [-0.2, -0.15) is 0 Å². The molecule has 0 heterocycles. The van der Waals surface area contributed by atoms with Crippen LogP contribution in [0.25, 0.3) is 0 Å². The molecule has 0 aliphatic carbocycles. The van der Waals surface area contributed by atoms with Gasteiger partial charge < -0.3 is 9.84 Å². The van der Waals surface area contributed by atoms with Crippen LogP contribution in [-0.4, -0.2) is 17.8 Å². The van der Waals surface area contributed by atoms with Crippen LogP contribution in [0.5, 0.6) is 5.75 Å². The topological polar surface area (TPSA) is 58.9 Å². The Labute approximate surface area is 97.4 Å². The van der Waals surface area contributed by atoms with E-state index < -0.39 is 11.8 Å². The zero-order valence-electron chi connectivity index (χ0n) is 8.89. The van der Waals surface area contributed by atoms with Crippen LogP contribution in [0.2, 0.25) is 0 Å². The first kappa shape index (κ1) is 12.6. The van der Waals surface area contributed by atoms with E-state index in [0.717, 1.165) is 6.07 Å². The smallest absolute Gasteiger partial charge is 0.335 e. The molecule has 17 heavy (non-hydrogen) atoms. The van der Waals surface area contributed by atoms with Crippen molar-refractivity contribution < 1.29 is 19.0 Å². The average molecular weight is 235 g/mol. The van der Waals surface area contributed by atoms with E-state index in [9.17, 15) is 9.18 Å². The maximum absolute atomic E-state index is 13.4. The number of carboxylic acids is 1. The number of carbonyl (C=O) groups is 1. The molecule has 0 aromatic heterocycles. The molecule has 1 N–H and O–H groups in total. The average Bonchev–Trinajstić information content (AvgIpc) is 2.30. The van der Waals surface area contributed by atoms with Gasteiger partial charge in [0.25, 0.3) is 0 Å². The molecule has 0 saturated carbocycles. The van der Waals surface area contributed by atoms with E-state index in [1.165, 1.54) is 24.3 Å². The minimum atomic E-state index is -1.21. The maximum atomic E-state index is 13.4. The number of aromatic carboxylic acids is 1. The molecule has 0 radical (unpaired) electrons. The molecular formula is C12H10FNO3. The highest BCUT2D eigenvalue weighted by Crippen LogP contribution is 2.21. The SMILES string of the molecule is C=C/C=C(\N=C)Oc1ccc(C(=O)O)cc1F. The number of benzene rings is 1. The lowest BCUT2D eigenvalue weighted by atomic mass is 10.2. The summed E-state index contributed by atoms with van der Waals surface area (Å²) >= 11 is 0. The fourth-order valence-electron chi connectivity index (χ4n) is 1.05. The summed E-state index contributed by atoms with van der Waals surface area (Å²) < 4.78 is 18.5. The first-order valence-electron chi connectivity index (χ1n) is 4.58. The maximum Gasteiger partial charge on any atom is 0.335 e. The molecule has 88 valence electrons. The van der Waals surface area contributed by atoms with Crippen molar-refractivity contribution in [2.24, 2.45) is 4.99 Å². The second-order valence-corrected chi connectivity index (χ2v) is 2.95. The zero-order valence-corrected chi connectivity index (χ0v) is 8.89. The van der Waals surface area contributed by atoms with Gasteiger partial charge in [-0.25, -0.2) is 14.2 Å². The Hall–Kier alpha value is -2.43. The summed E-state index contributed by atoms with van der Waals surface area (Å²) in [4.78, 5) is 14.1. The largest absolute Gasteiger partial charge is 0.478 e. The van der Waals surface area contributed by atoms with Crippen LogP contribution in [0.3, 0.4) is 0 Å². The number of aliphatic imine (C=N–C) groups is 1. The number of hydrogen-bond donors (Lipinski definition) is 1.